The van der Waals surface area contributed by atoms with Gasteiger partial charge in [0.25, 0.3) is 0 Å². The first kappa shape index (κ1) is 18.0. The summed E-state index contributed by atoms with van der Waals surface area (Å²) in [6.45, 7) is 11.7. The van der Waals surface area contributed by atoms with Crippen molar-refractivity contribution in [2.24, 2.45) is 0 Å². The van der Waals surface area contributed by atoms with Crippen LogP contribution < -0.4 is 0 Å². The first-order valence-corrected chi connectivity index (χ1v) is 11.3. The second kappa shape index (κ2) is 6.65. The molecule has 1 aliphatic rings. The van der Waals surface area contributed by atoms with E-state index in [1.165, 1.54) is 0 Å². The van der Waals surface area contributed by atoms with E-state index in [1.54, 1.807) is 4.90 Å². The third kappa shape index (κ3) is 3.96. The smallest absolute Gasteiger partial charge is 0.407 e. The van der Waals surface area contributed by atoms with Crippen LogP contribution in [0.5, 0.6) is 0 Å². The Balaban J connectivity index is 2.35. The Labute approximate surface area is 140 Å². The normalized spacial score (nSPS) is 20.6. The molecular weight excluding hydrogens is 306 g/mol. The minimum atomic E-state index is -2.00. The third-order valence-electron chi connectivity index (χ3n) is 5.25. The largest absolute Gasteiger partial charge is 0.465 e. The van der Waals surface area contributed by atoms with E-state index in [0.29, 0.717) is 6.54 Å². The molecular formula is C18H29NO3Si. The average Bonchev–Trinajstić information content (AvgIpc) is 2.94. The molecule has 5 heteroatoms. The van der Waals surface area contributed by atoms with Gasteiger partial charge in [-0.1, -0.05) is 51.1 Å². The zero-order chi connectivity index (χ0) is 17.3. The molecule has 1 fully saturated rings. The number of carbonyl (C=O) groups is 1. The van der Waals surface area contributed by atoms with Gasteiger partial charge in [-0.05, 0) is 36.5 Å². The predicted octanol–water partition coefficient (Wildman–Crippen LogP) is 4.89. The molecule has 1 aliphatic heterocycles. The molecule has 0 spiro atoms. The fraction of sp³-hybridized carbons (Fsp3) is 0.611. The Morgan fingerprint density at radius 2 is 1.91 bits per heavy atom. The molecule has 128 valence electrons. The van der Waals surface area contributed by atoms with E-state index in [2.05, 4.69) is 46.0 Å². The van der Waals surface area contributed by atoms with E-state index in [-0.39, 0.29) is 17.2 Å². The number of carboxylic acid groups (broad SMARTS) is 1. The number of benzene rings is 1. The third-order valence-corrected chi connectivity index (χ3v) is 9.71. The maximum Gasteiger partial charge on any atom is 0.407 e. The molecule has 1 aromatic carbocycles. The summed E-state index contributed by atoms with van der Waals surface area (Å²) in [5, 5.41) is 9.61. The highest BCUT2D eigenvalue weighted by atomic mass is 28.4. The summed E-state index contributed by atoms with van der Waals surface area (Å²) in [6.07, 6.45) is 0.740. The molecule has 1 heterocycles. The standard InChI is InChI=1S/C18H29NO3Si/c1-18(2,3)23(4,5)22-16(14-10-7-6-8-11-14)15-12-9-13-19(15)17(20)21/h6-8,10-11,15-16H,9,12-13H2,1-5H3,(H,20,21)/t15?,16-/m1/s1. The van der Waals surface area contributed by atoms with Gasteiger partial charge < -0.3 is 14.4 Å². The van der Waals surface area contributed by atoms with Crippen LogP contribution in [-0.4, -0.2) is 37.0 Å². The van der Waals surface area contributed by atoms with Crippen LogP contribution in [0, 0.1) is 0 Å². The Kier molecular flexibility index (Phi) is 5.21. The highest BCUT2D eigenvalue weighted by Crippen LogP contribution is 2.42. The summed E-state index contributed by atoms with van der Waals surface area (Å²) >= 11 is 0. The summed E-state index contributed by atoms with van der Waals surface area (Å²) in [5.41, 5.74) is 1.08. The zero-order valence-corrected chi connectivity index (χ0v) is 15.9. The minimum Gasteiger partial charge on any atom is -0.465 e. The lowest BCUT2D eigenvalue weighted by Gasteiger charge is -2.42. The van der Waals surface area contributed by atoms with Crippen LogP contribution >= 0.6 is 0 Å². The van der Waals surface area contributed by atoms with Gasteiger partial charge in [0.05, 0.1) is 12.1 Å². The van der Waals surface area contributed by atoms with Crippen molar-refractivity contribution in [3.05, 3.63) is 35.9 Å². The molecule has 1 N–H and O–H groups in total. The lowest BCUT2D eigenvalue weighted by Crippen LogP contribution is -2.47. The molecule has 23 heavy (non-hydrogen) atoms. The first-order chi connectivity index (χ1) is 10.6. The molecule has 2 atom stereocenters. The van der Waals surface area contributed by atoms with E-state index in [9.17, 15) is 9.90 Å². The van der Waals surface area contributed by atoms with Gasteiger partial charge in [0.15, 0.2) is 8.32 Å². The summed E-state index contributed by atoms with van der Waals surface area (Å²) in [5.74, 6) is 0. The molecule has 1 unspecified atom stereocenters. The monoisotopic (exact) mass is 335 g/mol. The fourth-order valence-electron chi connectivity index (χ4n) is 2.85. The van der Waals surface area contributed by atoms with Crippen LogP contribution in [0.4, 0.5) is 4.79 Å². The van der Waals surface area contributed by atoms with Crippen LogP contribution in [-0.2, 0) is 4.43 Å². The van der Waals surface area contributed by atoms with Crippen molar-refractivity contribution in [1.29, 1.82) is 0 Å². The molecule has 1 amide bonds. The highest BCUT2D eigenvalue weighted by molar-refractivity contribution is 6.74. The average molecular weight is 336 g/mol. The number of rotatable bonds is 4. The number of likely N-dealkylation sites (tertiary alicyclic amines) is 1. The van der Waals surface area contributed by atoms with Gasteiger partial charge in [0.2, 0.25) is 0 Å². The first-order valence-electron chi connectivity index (χ1n) is 8.36. The number of hydrogen-bond acceptors (Lipinski definition) is 2. The van der Waals surface area contributed by atoms with Crippen molar-refractivity contribution in [3.63, 3.8) is 0 Å². The molecule has 0 bridgehead atoms. The van der Waals surface area contributed by atoms with Gasteiger partial charge in [0.1, 0.15) is 0 Å². The van der Waals surface area contributed by atoms with E-state index in [4.69, 9.17) is 4.43 Å². The molecule has 1 aromatic rings. The summed E-state index contributed by atoms with van der Waals surface area (Å²) in [7, 11) is -2.00. The summed E-state index contributed by atoms with van der Waals surface area (Å²) < 4.78 is 6.69. The predicted molar refractivity (Wildman–Crippen MR) is 95.2 cm³/mol. The number of nitrogens with zero attached hydrogens (tertiary/aromatic N) is 1. The van der Waals surface area contributed by atoms with Crippen LogP contribution in [0.1, 0.15) is 45.3 Å². The molecule has 0 aliphatic carbocycles. The maximum atomic E-state index is 11.6. The lowest BCUT2D eigenvalue weighted by molar-refractivity contribution is 0.0739. The fourth-order valence-corrected chi connectivity index (χ4v) is 4.13. The second-order valence-corrected chi connectivity index (χ2v) is 12.7. The van der Waals surface area contributed by atoms with E-state index in [0.717, 1.165) is 18.4 Å². The topological polar surface area (TPSA) is 49.8 Å². The Bertz CT molecular complexity index is 539. The maximum absolute atomic E-state index is 11.6. The van der Waals surface area contributed by atoms with E-state index < -0.39 is 14.4 Å². The van der Waals surface area contributed by atoms with Crippen molar-refractivity contribution < 1.29 is 14.3 Å². The Hall–Kier alpha value is -1.33. The Morgan fingerprint density at radius 3 is 2.43 bits per heavy atom. The van der Waals surface area contributed by atoms with E-state index >= 15 is 0 Å². The van der Waals surface area contributed by atoms with Crippen molar-refractivity contribution in [2.45, 2.75) is 63.9 Å². The van der Waals surface area contributed by atoms with Crippen molar-refractivity contribution in [2.75, 3.05) is 6.54 Å². The van der Waals surface area contributed by atoms with Gasteiger partial charge >= 0.3 is 6.09 Å². The van der Waals surface area contributed by atoms with Crippen LogP contribution in [0.2, 0.25) is 18.1 Å². The quantitative estimate of drug-likeness (QED) is 0.797. The second-order valence-electron chi connectivity index (χ2n) is 7.89. The van der Waals surface area contributed by atoms with Crippen LogP contribution in [0.15, 0.2) is 30.3 Å². The lowest BCUT2D eigenvalue weighted by atomic mass is 10.0. The molecule has 4 nitrogen and oxygen atoms in total. The number of hydrogen-bond donors (Lipinski definition) is 1. The molecule has 0 aromatic heterocycles. The van der Waals surface area contributed by atoms with Crippen molar-refractivity contribution in [3.8, 4) is 0 Å². The Morgan fingerprint density at radius 1 is 1.30 bits per heavy atom. The summed E-state index contributed by atoms with van der Waals surface area (Å²) in [4.78, 5) is 13.2. The molecule has 2 rings (SSSR count). The van der Waals surface area contributed by atoms with E-state index in [1.807, 2.05) is 18.2 Å². The SMILES string of the molecule is CC(C)(C)[Si](C)(C)O[C@H](c1ccccc1)C1CCCN1C(=O)O. The van der Waals surface area contributed by atoms with Crippen LogP contribution in [0.25, 0.3) is 0 Å². The number of amides is 1. The summed E-state index contributed by atoms with van der Waals surface area (Å²) in [6, 6.07) is 9.99. The van der Waals surface area contributed by atoms with Crippen molar-refractivity contribution in [1.82, 2.24) is 4.90 Å². The molecule has 0 radical (unpaired) electrons. The molecule has 1 saturated heterocycles. The van der Waals surface area contributed by atoms with Gasteiger partial charge in [-0.2, -0.15) is 0 Å². The van der Waals surface area contributed by atoms with Crippen LogP contribution in [0.3, 0.4) is 0 Å². The zero-order valence-electron chi connectivity index (χ0n) is 14.9. The van der Waals surface area contributed by atoms with Gasteiger partial charge in [0, 0.05) is 6.54 Å². The molecule has 0 saturated carbocycles. The highest BCUT2D eigenvalue weighted by Gasteiger charge is 2.44. The van der Waals surface area contributed by atoms with Crippen molar-refractivity contribution >= 4 is 14.4 Å². The van der Waals surface area contributed by atoms with Gasteiger partial charge in [-0.15, -0.1) is 0 Å². The van der Waals surface area contributed by atoms with Gasteiger partial charge in [-0.25, -0.2) is 4.79 Å². The van der Waals surface area contributed by atoms with Gasteiger partial charge in [-0.3, -0.25) is 0 Å². The minimum absolute atomic E-state index is 0.0900.